The number of sulfonamides is 1. The van der Waals surface area contributed by atoms with Crippen molar-refractivity contribution >= 4 is 50.5 Å². The van der Waals surface area contributed by atoms with Crippen molar-refractivity contribution in [3.05, 3.63) is 58.1 Å². The van der Waals surface area contributed by atoms with Crippen LogP contribution in [0.4, 0.5) is 11.4 Å². The molecule has 0 fully saturated rings. The molecular formula is C16H16Cl2N2O3S. The molecule has 0 saturated heterocycles. The van der Waals surface area contributed by atoms with E-state index in [-0.39, 0.29) is 22.3 Å². The highest BCUT2D eigenvalue weighted by atomic mass is 35.5. The number of carbonyl (C=O) groups is 1. The highest BCUT2D eigenvalue weighted by Gasteiger charge is 2.22. The van der Waals surface area contributed by atoms with Crippen molar-refractivity contribution in [3.8, 4) is 0 Å². The molecule has 0 bridgehead atoms. The number of nitrogens with one attached hydrogen (secondary N) is 1. The van der Waals surface area contributed by atoms with E-state index in [0.717, 1.165) is 16.1 Å². The number of halogens is 2. The van der Waals surface area contributed by atoms with Gasteiger partial charge in [-0.25, -0.2) is 8.42 Å². The third-order valence-corrected chi connectivity index (χ3v) is 4.82. The maximum atomic E-state index is 12.3. The van der Waals surface area contributed by atoms with Gasteiger partial charge in [0.15, 0.2) is 0 Å². The summed E-state index contributed by atoms with van der Waals surface area (Å²) in [4.78, 5) is 12.3. The van der Waals surface area contributed by atoms with E-state index < -0.39 is 15.9 Å². The fraction of sp³-hybridized carbons (Fsp3) is 0.188. The fourth-order valence-electron chi connectivity index (χ4n) is 2.12. The lowest BCUT2D eigenvalue weighted by molar-refractivity contribution is -0.114. The number of amides is 1. The van der Waals surface area contributed by atoms with Gasteiger partial charge in [0.2, 0.25) is 15.9 Å². The van der Waals surface area contributed by atoms with Crippen molar-refractivity contribution in [2.45, 2.75) is 6.92 Å². The summed E-state index contributed by atoms with van der Waals surface area (Å²) in [5.41, 5.74) is 1.73. The summed E-state index contributed by atoms with van der Waals surface area (Å²) in [6.45, 7) is 1.46. The first-order valence-electron chi connectivity index (χ1n) is 6.96. The Morgan fingerprint density at radius 3 is 2.25 bits per heavy atom. The number of benzene rings is 2. The van der Waals surface area contributed by atoms with Crippen LogP contribution in [0.15, 0.2) is 42.5 Å². The van der Waals surface area contributed by atoms with E-state index in [1.54, 1.807) is 12.1 Å². The van der Waals surface area contributed by atoms with Gasteiger partial charge in [-0.05, 0) is 36.8 Å². The zero-order chi connectivity index (χ0) is 17.9. The maximum absolute atomic E-state index is 12.3. The van der Waals surface area contributed by atoms with E-state index >= 15 is 0 Å². The Hall–Kier alpha value is -1.76. The Kier molecular flexibility index (Phi) is 5.74. The van der Waals surface area contributed by atoms with Crippen molar-refractivity contribution in [1.82, 2.24) is 0 Å². The highest BCUT2D eigenvalue weighted by Crippen LogP contribution is 2.27. The molecule has 2 rings (SSSR count). The van der Waals surface area contributed by atoms with Crippen LogP contribution in [-0.2, 0) is 14.8 Å². The summed E-state index contributed by atoms with van der Waals surface area (Å²) in [6.07, 6.45) is 1.02. The van der Waals surface area contributed by atoms with Gasteiger partial charge in [-0.3, -0.25) is 9.10 Å². The van der Waals surface area contributed by atoms with Gasteiger partial charge in [-0.1, -0.05) is 41.4 Å². The number of hydrogen-bond donors (Lipinski definition) is 1. The quantitative estimate of drug-likeness (QED) is 0.851. The van der Waals surface area contributed by atoms with E-state index in [0.29, 0.717) is 5.69 Å². The van der Waals surface area contributed by atoms with Gasteiger partial charge >= 0.3 is 0 Å². The Morgan fingerprint density at radius 1 is 1.12 bits per heavy atom. The van der Waals surface area contributed by atoms with E-state index in [4.69, 9.17) is 23.2 Å². The molecule has 0 heterocycles. The molecule has 0 saturated carbocycles. The predicted molar refractivity (Wildman–Crippen MR) is 98.5 cm³/mol. The Bertz CT molecular complexity index is 849. The third kappa shape index (κ3) is 4.87. The van der Waals surface area contributed by atoms with Crippen LogP contribution in [0.3, 0.4) is 0 Å². The molecule has 2 aromatic carbocycles. The fourth-order valence-corrected chi connectivity index (χ4v) is 3.47. The van der Waals surface area contributed by atoms with E-state index in [2.05, 4.69) is 5.32 Å². The largest absolute Gasteiger partial charge is 0.324 e. The monoisotopic (exact) mass is 386 g/mol. The van der Waals surface area contributed by atoms with Crippen LogP contribution in [0.25, 0.3) is 0 Å². The van der Waals surface area contributed by atoms with Crippen LogP contribution in [0.1, 0.15) is 5.56 Å². The molecule has 1 N–H and O–H groups in total. The summed E-state index contributed by atoms with van der Waals surface area (Å²) in [5.74, 6) is -0.467. The van der Waals surface area contributed by atoms with Crippen LogP contribution in [0.5, 0.6) is 0 Å². The third-order valence-electron chi connectivity index (χ3n) is 3.24. The lowest BCUT2D eigenvalue weighted by Crippen LogP contribution is -2.37. The first-order valence-corrected chi connectivity index (χ1v) is 9.56. The molecule has 0 unspecified atom stereocenters. The molecule has 0 spiro atoms. The first-order chi connectivity index (χ1) is 11.2. The number of nitrogens with zero attached hydrogens (tertiary/aromatic N) is 1. The second-order valence-electron chi connectivity index (χ2n) is 5.26. The summed E-state index contributed by atoms with van der Waals surface area (Å²) in [6, 6.07) is 11.6. The SMILES string of the molecule is Cc1ccccc1NC(=O)CN(c1cc(Cl)cc(Cl)c1)S(C)(=O)=O. The van der Waals surface area contributed by atoms with Crippen molar-refractivity contribution in [3.63, 3.8) is 0 Å². The lowest BCUT2D eigenvalue weighted by Gasteiger charge is -2.22. The molecule has 0 atom stereocenters. The summed E-state index contributed by atoms with van der Waals surface area (Å²) in [7, 11) is -3.69. The van der Waals surface area contributed by atoms with Crippen LogP contribution >= 0.6 is 23.2 Å². The van der Waals surface area contributed by atoms with Gasteiger partial charge < -0.3 is 5.32 Å². The van der Waals surface area contributed by atoms with Gasteiger partial charge in [0, 0.05) is 15.7 Å². The second kappa shape index (κ2) is 7.42. The molecule has 0 aliphatic rings. The van der Waals surface area contributed by atoms with Crippen molar-refractivity contribution in [1.29, 1.82) is 0 Å². The number of para-hydroxylation sites is 1. The topological polar surface area (TPSA) is 66.5 Å². The average Bonchev–Trinajstić information content (AvgIpc) is 2.45. The molecule has 5 nitrogen and oxygen atoms in total. The number of anilines is 2. The average molecular weight is 387 g/mol. The van der Waals surface area contributed by atoms with E-state index in [1.807, 2.05) is 19.1 Å². The Morgan fingerprint density at radius 2 is 1.71 bits per heavy atom. The van der Waals surface area contributed by atoms with Crippen LogP contribution in [-0.4, -0.2) is 27.1 Å². The van der Waals surface area contributed by atoms with Gasteiger partial charge in [0.25, 0.3) is 0 Å². The minimum absolute atomic E-state index is 0.231. The van der Waals surface area contributed by atoms with Crippen LogP contribution < -0.4 is 9.62 Å². The van der Waals surface area contributed by atoms with E-state index in [9.17, 15) is 13.2 Å². The first kappa shape index (κ1) is 18.6. The van der Waals surface area contributed by atoms with Gasteiger partial charge in [0.05, 0.1) is 11.9 Å². The number of hydrogen-bond acceptors (Lipinski definition) is 3. The molecule has 128 valence electrons. The van der Waals surface area contributed by atoms with Crippen LogP contribution in [0, 0.1) is 6.92 Å². The van der Waals surface area contributed by atoms with Gasteiger partial charge in [-0.15, -0.1) is 0 Å². The molecule has 0 aromatic heterocycles. The van der Waals surface area contributed by atoms with Gasteiger partial charge in [0.1, 0.15) is 6.54 Å². The molecular weight excluding hydrogens is 371 g/mol. The van der Waals surface area contributed by atoms with Gasteiger partial charge in [-0.2, -0.15) is 0 Å². The maximum Gasteiger partial charge on any atom is 0.245 e. The lowest BCUT2D eigenvalue weighted by atomic mass is 10.2. The summed E-state index contributed by atoms with van der Waals surface area (Å²) < 4.78 is 25.1. The number of carbonyl (C=O) groups excluding carboxylic acids is 1. The molecule has 1 amide bonds. The van der Waals surface area contributed by atoms with Crippen molar-refractivity contribution in [2.75, 3.05) is 22.4 Å². The predicted octanol–water partition coefficient (Wildman–Crippen LogP) is 3.71. The second-order valence-corrected chi connectivity index (χ2v) is 8.04. The van der Waals surface area contributed by atoms with E-state index in [1.165, 1.54) is 18.2 Å². The summed E-state index contributed by atoms with van der Waals surface area (Å²) in [5, 5.41) is 3.27. The van der Waals surface area contributed by atoms with Crippen LogP contribution in [0.2, 0.25) is 10.0 Å². The minimum atomic E-state index is -3.69. The van der Waals surface area contributed by atoms with Crippen molar-refractivity contribution < 1.29 is 13.2 Å². The smallest absolute Gasteiger partial charge is 0.245 e. The Labute approximate surface area is 151 Å². The zero-order valence-corrected chi connectivity index (χ0v) is 15.4. The van der Waals surface area contributed by atoms with Crippen molar-refractivity contribution in [2.24, 2.45) is 0 Å². The summed E-state index contributed by atoms with van der Waals surface area (Å²) >= 11 is 11.8. The molecule has 2 aromatic rings. The molecule has 8 heteroatoms. The highest BCUT2D eigenvalue weighted by molar-refractivity contribution is 7.92. The zero-order valence-electron chi connectivity index (χ0n) is 13.1. The molecule has 24 heavy (non-hydrogen) atoms. The standard InChI is InChI=1S/C16H16Cl2N2O3S/c1-11-5-3-4-6-15(11)19-16(21)10-20(24(2,22)23)14-8-12(17)7-13(18)9-14/h3-9H,10H2,1-2H3,(H,19,21). The number of aryl methyl sites for hydroxylation is 1. The molecule has 0 aliphatic heterocycles. The normalized spacial score (nSPS) is 11.2. The Balaban J connectivity index is 2.27. The molecule has 0 radical (unpaired) electrons. The molecule has 0 aliphatic carbocycles. The minimum Gasteiger partial charge on any atom is -0.324 e. The number of rotatable bonds is 5.